The molecular weight excluding hydrogens is 732 g/mol. The van der Waals surface area contributed by atoms with Crippen LogP contribution in [0.4, 0.5) is 0 Å². The molecule has 0 fully saturated rings. The quantitative estimate of drug-likeness (QED) is 0.0740. The third-order valence-corrected chi connectivity index (χ3v) is 7.42. The van der Waals surface area contributed by atoms with Gasteiger partial charge < -0.3 is 23.9 Å². The molecule has 6 rings (SSSR count). The van der Waals surface area contributed by atoms with Crippen molar-refractivity contribution in [2.24, 2.45) is 0 Å². The first-order chi connectivity index (χ1) is 22.6. The molecule has 2 aromatic heterocycles. The predicted octanol–water partition coefficient (Wildman–Crippen LogP) is 9.52. The average Bonchev–Trinajstić information content (AvgIpc) is 3.68. The van der Waals surface area contributed by atoms with E-state index in [2.05, 4.69) is 36.7 Å². The van der Waals surface area contributed by atoms with Gasteiger partial charge in [-0.1, -0.05) is 80.4 Å². The van der Waals surface area contributed by atoms with E-state index >= 15 is 0 Å². The molecule has 0 aliphatic rings. The van der Waals surface area contributed by atoms with Crippen molar-refractivity contribution in [3.63, 3.8) is 0 Å². The lowest BCUT2D eigenvalue weighted by molar-refractivity contribution is -0.135. The maximum atomic E-state index is 10.9. The molecule has 2 N–H and O–H groups in total. The molecule has 11 heteroatoms. The van der Waals surface area contributed by atoms with Crippen LogP contribution in [0, 0.1) is 17.9 Å². The van der Waals surface area contributed by atoms with Crippen LogP contribution < -0.4 is 0 Å². The normalized spacial score (nSPS) is 10.5. The van der Waals surface area contributed by atoms with Gasteiger partial charge in [-0.2, -0.15) is 5.26 Å². The topological polar surface area (TPSA) is 146 Å². The number of nitrogens with zero attached hydrogens (tertiary/aromatic N) is 2. The number of hydrogen-bond donors (Lipinski definition) is 2. The van der Waals surface area contributed by atoms with Crippen LogP contribution in [0.1, 0.15) is 15.9 Å². The molecule has 0 aliphatic carbocycles. The molecule has 0 unspecified atom stereocenters. The number of fused-ring (bicyclic) bond motifs is 2. The van der Waals surface area contributed by atoms with E-state index in [-0.39, 0.29) is 5.57 Å². The van der Waals surface area contributed by atoms with Crippen LogP contribution in [-0.2, 0) is 9.59 Å². The number of benzene rings is 4. The standard InChI is InChI=1S/C18H10BrNO3.C15H9BrO2.C3H3NO2/c19-15-5-3-12(4-6-15)17-9-13-2-1-11(8-16(13)23-17)7-14(10-20)18(21)22;16-13-5-3-11(4-6-13)15-8-12-2-1-10(9-17)7-14(12)18-15;1-4-2-3(5)6/h1-9H,(H,21,22);1-9H;2H2,(H,5,6). The van der Waals surface area contributed by atoms with Gasteiger partial charge in [-0.05, 0) is 60.2 Å². The van der Waals surface area contributed by atoms with Crippen molar-refractivity contribution in [3.8, 4) is 28.7 Å². The van der Waals surface area contributed by atoms with E-state index in [1.807, 2.05) is 72.8 Å². The maximum Gasteiger partial charge on any atom is 0.384 e. The summed E-state index contributed by atoms with van der Waals surface area (Å²) in [5.74, 6) is -0.777. The van der Waals surface area contributed by atoms with E-state index in [4.69, 9.17) is 30.9 Å². The summed E-state index contributed by atoms with van der Waals surface area (Å²) in [7, 11) is 0. The number of furan rings is 2. The molecule has 0 saturated carbocycles. The average molecular weight is 754 g/mol. The van der Waals surface area contributed by atoms with Crippen LogP contribution in [0.2, 0.25) is 0 Å². The Hall–Kier alpha value is -5.75. The zero-order valence-electron chi connectivity index (χ0n) is 24.2. The van der Waals surface area contributed by atoms with Crippen molar-refractivity contribution in [2.45, 2.75) is 0 Å². The minimum absolute atomic E-state index is 0.316. The molecule has 0 radical (unpaired) electrons. The van der Waals surface area contributed by atoms with E-state index in [1.54, 1.807) is 30.3 Å². The van der Waals surface area contributed by atoms with Crippen LogP contribution in [0.5, 0.6) is 0 Å². The summed E-state index contributed by atoms with van der Waals surface area (Å²) in [4.78, 5) is 33.6. The Morgan fingerprint density at radius 1 is 0.766 bits per heavy atom. The fourth-order valence-electron chi connectivity index (χ4n) is 4.15. The summed E-state index contributed by atoms with van der Waals surface area (Å²) in [5.41, 5.74) is 4.25. The van der Waals surface area contributed by atoms with Gasteiger partial charge in [0.15, 0.2) is 0 Å². The van der Waals surface area contributed by atoms with Gasteiger partial charge in [0.2, 0.25) is 0 Å². The van der Waals surface area contributed by atoms with Crippen LogP contribution in [0.3, 0.4) is 0 Å². The Bertz CT molecular complexity index is 2180. The third-order valence-electron chi connectivity index (χ3n) is 6.36. The highest BCUT2D eigenvalue weighted by molar-refractivity contribution is 9.10. The summed E-state index contributed by atoms with van der Waals surface area (Å²) in [6.45, 7) is 5.56. The highest BCUT2D eigenvalue weighted by Gasteiger charge is 2.10. The number of rotatable bonds is 6. The van der Waals surface area contributed by atoms with Gasteiger partial charge in [0.1, 0.15) is 40.6 Å². The van der Waals surface area contributed by atoms with Gasteiger partial charge in [-0.3, -0.25) is 4.79 Å². The number of carboxylic acids is 2. The molecule has 0 bridgehead atoms. The summed E-state index contributed by atoms with van der Waals surface area (Å²) < 4.78 is 13.6. The highest BCUT2D eigenvalue weighted by atomic mass is 79.9. The second-order valence-electron chi connectivity index (χ2n) is 9.63. The SMILES string of the molecule is N#CC(=Cc1ccc2cc(-c3ccc(Br)cc3)oc2c1)C(=O)O.O=Cc1ccc2cc(-c3ccc(Br)cc3)oc2c1.[C-]#[N+]CC(=O)O. The molecule has 6 aromatic rings. The first kappa shape index (κ1) is 34.1. The fourth-order valence-corrected chi connectivity index (χ4v) is 4.68. The molecule has 4 aromatic carbocycles. The van der Waals surface area contributed by atoms with Crippen molar-refractivity contribution < 1.29 is 33.4 Å². The Labute approximate surface area is 285 Å². The molecule has 2 heterocycles. The third kappa shape index (κ3) is 9.38. The fraction of sp³-hybridized carbons (Fsp3) is 0.0278. The molecule has 9 nitrogen and oxygen atoms in total. The van der Waals surface area contributed by atoms with Crippen LogP contribution in [-0.4, -0.2) is 35.0 Å². The van der Waals surface area contributed by atoms with Crippen LogP contribution >= 0.6 is 31.9 Å². The Balaban J connectivity index is 0.000000185. The smallest absolute Gasteiger partial charge is 0.384 e. The van der Waals surface area contributed by atoms with Crippen LogP contribution in [0.15, 0.2) is 120 Å². The second kappa shape index (κ2) is 16.0. The molecule has 0 aliphatic heterocycles. The molecule has 0 amide bonds. The van der Waals surface area contributed by atoms with Crippen molar-refractivity contribution >= 4 is 78.1 Å². The van der Waals surface area contributed by atoms with Gasteiger partial charge in [0.05, 0.1) is 0 Å². The van der Waals surface area contributed by atoms with Gasteiger partial charge in [-0.25, -0.2) is 16.2 Å². The minimum atomic E-state index is -1.25. The summed E-state index contributed by atoms with van der Waals surface area (Å²) >= 11 is 6.79. The lowest BCUT2D eigenvalue weighted by Crippen LogP contribution is -1.97. The first-order valence-electron chi connectivity index (χ1n) is 13.5. The van der Waals surface area contributed by atoms with E-state index in [0.717, 1.165) is 54.2 Å². The Kier molecular flexibility index (Phi) is 11.6. The maximum absolute atomic E-state index is 10.9. The molecule has 0 saturated heterocycles. The van der Waals surface area contributed by atoms with Crippen molar-refractivity contribution in [3.05, 3.63) is 134 Å². The number of hydrogen-bond acceptors (Lipinski definition) is 6. The predicted molar refractivity (Wildman–Crippen MR) is 184 cm³/mol. The van der Waals surface area contributed by atoms with Crippen molar-refractivity contribution in [2.75, 3.05) is 6.54 Å². The Morgan fingerprint density at radius 3 is 1.62 bits per heavy atom. The Morgan fingerprint density at radius 2 is 1.23 bits per heavy atom. The van der Waals surface area contributed by atoms with Gasteiger partial charge in [0, 0.05) is 36.4 Å². The monoisotopic (exact) mass is 752 g/mol. The summed E-state index contributed by atoms with van der Waals surface area (Å²) in [6, 6.07) is 32.0. The lowest BCUT2D eigenvalue weighted by Gasteiger charge is -1.96. The van der Waals surface area contributed by atoms with Crippen molar-refractivity contribution in [1.82, 2.24) is 0 Å². The van der Waals surface area contributed by atoms with E-state index < -0.39 is 18.5 Å². The van der Waals surface area contributed by atoms with Gasteiger partial charge >= 0.3 is 18.5 Å². The minimum Gasteiger partial charge on any atom is -0.477 e. The van der Waals surface area contributed by atoms with Crippen LogP contribution in [0.25, 0.3) is 55.5 Å². The number of halogens is 2. The zero-order valence-corrected chi connectivity index (χ0v) is 27.4. The van der Waals surface area contributed by atoms with E-state index in [1.165, 1.54) is 6.08 Å². The van der Waals surface area contributed by atoms with E-state index in [9.17, 15) is 14.4 Å². The molecular formula is C36H22Br2N2O7. The largest absolute Gasteiger partial charge is 0.477 e. The van der Waals surface area contributed by atoms with Gasteiger partial charge in [0.25, 0.3) is 0 Å². The highest BCUT2D eigenvalue weighted by Crippen LogP contribution is 2.31. The number of nitriles is 1. The molecule has 47 heavy (non-hydrogen) atoms. The second-order valence-corrected chi connectivity index (χ2v) is 11.5. The zero-order chi connectivity index (χ0) is 33.9. The molecule has 232 valence electrons. The molecule has 0 atom stereocenters. The lowest BCUT2D eigenvalue weighted by atomic mass is 10.1. The summed E-state index contributed by atoms with van der Waals surface area (Å²) in [5, 5.41) is 27.3. The van der Waals surface area contributed by atoms with E-state index in [0.29, 0.717) is 16.7 Å². The summed E-state index contributed by atoms with van der Waals surface area (Å²) in [6.07, 6.45) is 2.14. The number of aldehydes is 1. The number of carboxylic acid groups (broad SMARTS) is 2. The van der Waals surface area contributed by atoms with Gasteiger partial charge in [-0.15, -0.1) is 0 Å². The number of carbonyl (C=O) groups is 3. The first-order valence-corrected chi connectivity index (χ1v) is 15.1. The number of carbonyl (C=O) groups excluding carboxylic acids is 1. The molecule has 0 spiro atoms. The van der Waals surface area contributed by atoms with Crippen molar-refractivity contribution in [1.29, 1.82) is 5.26 Å². The number of aliphatic carboxylic acids is 2.